The number of amides is 2. The summed E-state index contributed by atoms with van der Waals surface area (Å²) >= 11 is 0. The van der Waals surface area contributed by atoms with Gasteiger partial charge < -0.3 is 14.5 Å². The second-order valence-corrected chi connectivity index (χ2v) is 6.60. The third kappa shape index (κ3) is 3.29. The van der Waals surface area contributed by atoms with Gasteiger partial charge in [-0.2, -0.15) is 10.4 Å². The fourth-order valence-electron chi connectivity index (χ4n) is 3.53. The highest BCUT2D eigenvalue weighted by Gasteiger charge is 2.36. The van der Waals surface area contributed by atoms with Crippen molar-refractivity contribution in [3.05, 3.63) is 53.3 Å². The Morgan fingerprint density at radius 2 is 2.00 bits per heavy atom. The maximum absolute atomic E-state index is 13.0. The molecule has 0 bridgehead atoms. The molecule has 138 valence electrons. The number of hydrogen-bond donors (Lipinski definition) is 0. The third-order valence-corrected chi connectivity index (χ3v) is 4.93. The number of aromatic nitrogens is 2. The van der Waals surface area contributed by atoms with Gasteiger partial charge in [-0.3, -0.25) is 14.3 Å². The first-order chi connectivity index (χ1) is 13.2. The molecular formula is C19H19N5O3. The monoisotopic (exact) mass is 365 g/mol. The van der Waals surface area contributed by atoms with Crippen LogP contribution in [0.3, 0.4) is 0 Å². The van der Waals surface area contributed by atoms with Crippen LogP contribution in [0.2, 0.25) is 0 Å². The van der Waals surface area contributed by atoms with Crippen molar-refractivity contribution in [3.63, 3.8) is 0 Å². The number of nitrogens with zero attached hydrogens (tertiary/aromatic N) is 5. The summed E-state index contributed by atoms with van der Waals surface area (Å²) in [7, 11) is 0. The minimum atomic E-state index is -0.551. The molecule has 2 aromatic rings. The molecule has 2 amide bonds. The quantitative estimate of drug-likeness (QED) is 0.785. The molecular weight excluding hydrogens is 346 g/mol. The van der Waals surface area contributed by atoms with Crippen LogP contribution in [0.4, 0.5) is 0 Å². The van der Waals surface area contributed by atoms with E-state index in [0.717, 1.165) is 5.69 Å². The van der Waals surface area contributed by atoms with Crippen molar-refractivity contribution in [2.24, 2.45) is 0 Å². The first kappa shape index (κ1) is 17.2. The number of carbonyl (C=O) groups excluding carboxylic acids is 2. The second-order valence-electron chi connectivity index (χ2n) is 6.60. The van der Waals surface area contributed by atoms with E-state index in [1.165, 1.54) is 0 Å². The zero-order valence-electron chi connectivity index (χ0n) is 14.7. The number of nitriles is 1. The standard InChI is InChI=1S/C19H19N5O3/c20-11-14-2-1-3-15(10-14)18(25)23-12-16-4-5-21-24(16)17(13-23)19(26)22-6-8-27-9-7-22/h1-5,10,17H,6-9,12-13H2/t17-/m1/s1. The van der Waals surface area contributed by atoms with E-state index in [4.69, 9.17) is 10.00 Å². The van der Waals surface area contributed by atoms with E-state index in [9.17, 15) is 9.59 Å². The average Bonchev–Trinajstić information content (AvgIpc) is 3.21. The van der Waals surface area contributed by atoms with Gasteiger partial charge in [-0.15, -0.1) is 0 Å². The van der Waals surface area contributed by atoms with Crippen LogP contribution in [-0.4, -0.2) is 64.2 Å². The predicted octanol–water partition coefficient (Wildman–Crippen LogP) is 0.811. The highest BCUT2D eigenvalue weighted by Crippen LogP contribution is 2.24. The fourth-order valence-corrected chi connectivity index (χ4v) is 3.53. The normalized spacial score (nSPS) is 19.3. The lowest BCUT2D eigenvalue weighted by molar-refractivity contribution is -0.140. The molecule has 0 aliphatic carbocycles. The van der Waals surface area contributed by atoms with Gasteiger partial charge in [0.2, 0.25) is 5.91 Å². The lowest BCUT2D eigenvalue weighted by Gasteiger charge is -2.36. The van der Waals surface area contributed by atoms with Gasteiger partial charge in [0.1, 0.15) is 6.04 Å². The van der Waals surface area contributed by atoms with Crippen LogP contribution in [0.25, 0.3) is 0 Å². The Morgan fingerprint density at radius 1 is 1.19 bits per heavy atom. The van der Waals surface area contributed by atoms with Crippen LogP contribution >= 0.6 is 0 Å². The number of morpholine rings is 1. The molecule has 3 heterocycles. The number of ether oxygens (including phenoxy) is 1. The van der Waals surface area contributed by atoms with Crippen LogP contribution < -0.4 is 0 Å². The van der Waals surface area contributed by atoms with Crippen LogP contribution in [0.1, 0.15) is 27.7 Å². The molecule has 1 aromatic carbocycles. The maximum atomic E-state index is 13.0. The molecule has 0 spiro atoms. The SMILES string of the molecule is N#Cc1cccc(C(=O)N2Cc3ccnn3[C@@H](C(=O)N3CCOCC3)C2)c1. The topological polar surface area (TPSA) is 91.5 Å². The van der Waals surface area contributed by atoms with Gasteiger partial charge in [-0.1, -0.05) is 6.07 Å². The highest BCUT2D eigenvalue weighted by atomic mass is 16.5. The fraction of sp³-hybridized carbons (Fsp3) is 0.368. The molecule has 0 unspecified atom stereocenters. The Kier molecular flexibility index (Phi) is 4.60. The zero-order valence-corrected chi connectivity index (χ0v) is 14.7. The molecule has 27 heavy (non-hydrogen) atoms. The van der Waals surface area contributed by atoms with E-state index in [1.54, 1.807) is 44.9 Å². The van der Waals surface area contributed by atoms with E-state index >= 15 is 0 Å². The van der Waals surface area contributed by atoms with Gasteiger partial charge >= 0.3 is 0 Å². The summed E-state index contributed by atoms with van der Waals surface area (Å²) in [6, 6.07) is 9.94. The first-order valence-corrected chi connectivity index (χ1v) is 8.86. The maximum Gasteiger partial charge on any atom is 0.254 e. The molecule has 1 aromatic heterocycles. The highest BCUT2D eigenvalue weighted by molar-refractivity contribution is 5.95. The summed E-state index contributed by atoms with van der Waals surface area (Å²) < 4.78 is 7.04. The van der Waals surface area contributed by atoms with Gasteiger partial charge in [0.05, 0.1) is 43.6 Å². The minimum Gasteiger partial charge on any atom is -0.378 e. The summed E-state index contributed by atoms with van der Waals surface area (Å²) in [6.45, 7) is 2.76. The van der Waals surface area contributed by atoms with E-state index in [2.05, 4.69) is 5.10 Å². The largest absolute Gasteiger partial charge is 0.378 e. The first-order valence-electron chi connectivity index (χ1n) is 8.86. The summed E-state index contributed by atoms with van der Waals surface area (Å²) in [5.41, 5.74) is 1.70. The molecule has 2 aliphatic heterocycles. The Bertz CT molecular complexity index is 910. The van der Waals surface area contributed by atoms with E-state index in [1.807, 2.05) is 12.1 Å². The molecule has 8 nitrogen and oxygen atoms in total. The number of benzene rings is 1. The minimum absolute atomic E-state index is 0.0495. The molecule has 8 heteroatoms. The predicted molar refractivity (Wildman–Crippen MR) is 94.6 cm³/mol. The molecule has 1 fully saturated rings. The smallest absolute Gasteiger partial charge is 0.254 e. The van der Waals surface area contributed by atoms with Gasteiger partial charge in [0.15, 0.2) is 0 Å². The number of carbonyl (C=O) groups is 2. The van der Waals surface area contributed by atoms with Crippen molar-refractivity contribution in [1.29, 1.82) is 5.26 Å². The van der Waals surface area contributed by atoms with E-state index in [0.29, 0.717) is 44.0 Å². The van der Waals surface area contributed by atoms with Crippen LogP contribution in [-0.2, 0) is 16.1 Å². The zero-order chi connectivity index (χ0) is 18.8. The summed E-state index contributed by atoms with van der Waals surface area (Å²) in [6.07, 6.45) is 1.65. The molecule has 0 saturated carbocycles. The Balaban J connectivity index is 1.60. The Labute approximate surface area is 156 Å². The third-order valence-electron chi connectivity index (χ3n) is 4.93. The lowest BCUT2D eigenvalue weighted by atomic mass is 10.1. The number of hydrogen-bond acceptors (Lipinski definition) is 5. The Hall–Kier alpha value is -3.18. The van der Waals surface area contributed by atoms with Crippen molar-refractivity contribution < 1.29 is 14.3 Å². The van der Waals surface area contributed by atoms with Gasteiger partial charge in [0, 0.05) is 24.8 Å². The molecule has 1 atom stereocenters. The van der Waals surface area contributed by atoms with Crippen LogP contribution in [0.15, 0.2) is 36.5 Å². The van der Waals surface area contributed by atoms with Crippen molar-refractivity contribution >= 4 is 11.8 Å². The summed E-state index contributed by atoms with van der Waals surface area (Å²) in [5, 5.41) is 13.4. The lowest BCUT2D eigenvalue weighted by Crippen LogP contribution is -2.50. The van der Waals surface area contributed by atoms with Gasteiger partial charge in [-0.05, 0) is 24.3 Å². The Morgan fingerprint density at radius 3 is 2.78 bits per heavy atom. The van der Waals surface area contributed by atoms with Crippen molar-refractivity contribution in [3.8, 4) is 6.07 Å². The van der Waals surface area contributed by atoms with E-state index < -0.39 is 6.04 Å². The van der Waals surface area contributed by atoms with Crippen molar-refractivity contribution in [2.45, 2.75) is 12.6 Å². The van der Waals surface area contributed by atoms with Gasteiger partial charge in [0.25, 0.3) is 5.91 Å². The molecule has 0 N–H and O–H groups in total. The molecule has 0 radical (unpaired) electrons. The molecule has 4 rings (SSSR count). The van der Waals surface area contributed by atoms with E-state index in [-0.39, 0.29) is 18.4 Å². The number of fused-ring (bicyclic) bond motifs is 1. The summed E-state index contributed by atoms with van der Waals surface area (Å²) in [5.74, 6) is -0.245. The van der Waals surface area contributed by atoms with Crippen molar-refractivity contribution in [2.75, 3.05) is 32.8 Å². The van der Waals surface area contributed by atoms with Crippen LogP contribution in [0, 0.1) is 11.3 Å². The second kappa shape index (κ2) is 7.21. The van der Waals surface area contributed by atoms with Crippen LogP contribution in [0.5, 0.6) is 0 Å². The van der Waals surface area contributed by atoms with Gasteiger partial charge in [-0.25, -0.2) is 0 Å². The number of rotatable bonds is 2. The molecule has 1 saturated heterocycles. The average molecular weight is 365 g/mol. The molecule has 2 aliphatic rings. The summed E-state index contributed by atoms with van der Waals surface area (Å²) in [4.78, 5) is 29.5. The van der Waals surface area contributed by atoms with Crippen molar-refractivity contribution in [1.82, 2.24) is 19.6 Å².